The molecule has 1 aliphatic carbocycles. The van der Waals surface area contributed by atoms with Gasteiger partial charge in [0, 0.05) is 24.0 Å². The lowest BCUT2D eigenvalue weighted by molar-refractivity contribution is -0.137. The Balaban J connectivity index is 1.49. The Bertz CT molecular complexity index is 1160. The summed E-state index contributed by atoms with van der Waals surface area (Å²) in [4.78, 5) is 4.18. The summed E-state index contributed by atoms with van der Waals surface area (Å²) in [5, 5.41) is 4.69. The molecule has 0 amide bonds. The molecule has 31 heavy (non-hydrogen) atoms. The van der Waals surface area contributed by atoms with Crippen LogP contribution in [0.5, 0.6) is 0 Å². The van der Waals surface area contributed by atoms with Crippen LogP contribution in [0.4, 0.5) is 13.2 Å². The zero-order valence-electron chi connectivity index (χ0n) is 16.6. The van der Waals surface area contributed by atoms with Crippen molar-refractivity contribution in [2.45, 2.75) is 43.3 Å². The predicted octanol–water partition coefficient (Wildman–Crippen LogP) is 3.82. The molecule has 0 unspecified atom stereocenters. The van der Waals surface area contributed by atoms with Crippen LogP contribution in [0.3, 0.4) is 0 Å². The van der Waals surface area contributed by atoms with Crippen molar-refractivity contribution in [2.75, 3.05) is 6.54 Å². The van der Waals surface area contributed by atoms with Crippen LogP contribution < -0.4 is 4.72 Å². The molecule has 0 aliphatic heterocycles. The van der Waals surface area contributed by atoms with E-state index in [0.717, 1.165) is 72.6 Å². The fourth-order valence-electron chi connectivity index (χ4n) is 3.76. The summed E-state index contributed by atoms with van der Waals surface area (Å²) in [5.41, 5.74) is 2.94. The number of nitrogens with one attached hydrogen (secondary N) is 1. The zero-order chi connectivity index (χ0) is 22.1. The molecule has 0 saturated carbocycles. The minimum atomic E-state index is -4.51. The lowest BCUT2D eigenvalue weighted by atomic mass is 9.95. The van der Waals surface area contributed by atoms with Crippen molar-refractivity contribution in [3.63, 3.8) is 0 Å². The van der Waals surface area contributed by atoms with E-state index in [4.69, 9.17) is 0 Å². The molecule has 4 rings (SSSR count). The number of hydrogen-bond donors (Lipinski definition) is 1. The van der Waals surface area contributed by atoms with Gasteiger partial charge in [0.2, 0.25) is 10.0 Å². The highest BCUT2D eigenvalue weighted by molar-refractivity contribution is 7.89. The van der Waals surface area contributed by atoms with Gasteiger partial charge >= 0.3 is 6.18 Å². The Labute approximate surface area is 178 Å². The summed E-state index contributed by atoms with van der Waals surface area (Å²) in [6.45, 7) is 0.383. The van der Waals surface area contributed by atoms with Crippen LogP contribution in [0.25, 0.3) is 11.4 Å². The number of aromatic nitrogens is 3. The van der Waals surface area contributed by atoms with Gasteiger partial charge in [-0.15, -0.1) is 0 Å². The smallest absolute Gasteiger partial charge is 0.267 e. The first kappa shape index (κ1) is 21.5. The number of hydrogen-bond acceptors (Lipinski definition) is 4. The highest BCUT2D eigenvalue weighted by Gasteiger charge is 2.30. The van der Waals surface area contributed by atoms with Gasteiger partial charge in [-0.05, 0) is 62.1 Å². The van der Waals surface area contributed by atoms with Crippen molar-refractivity contribution in [3.05, 3.63) is 65.5 Å². The molecule has 0 spiro atoms. The number of fused-ring (bicyclic) bond motifs is 1. The minimum absolute atomic E-state index is 0.0686. The maximum Gasteiger partial charge on any atom is 0.416 e. The first-order chi connectivity index (χ1) is 14.8. The summed E-state index contributed by atoms with van der Waals surface area (Å²) in [5.74, 6) is 0. The van der Waals surface area contributed by atoms with Crippen molar-refractivity contribution >= 4 is 10.0 Å². The quantitative estimate of drug-likeness (QED) is 0.620. The number of sulfonamides is 1. The Morgan fingerprint density at radius 2 is 1.77 bits per heavy atom. The molecule has 2 heterocycles. The Hall–Kier alpha value is -2.72. The fourth-order valence-corrected chi connectivity index (χ4v) is 4.78. The number of rotatable bonds is 6. The predicted molar refractivity (Wildman–Crippen MR) is 109 cm³/mol. The lowest BCUT2D eigenvalue weighted by Gasteiger charge is -2.14. The number of benzene rings is 1. The van der Waals surface area contributed by atoms with Crippen molar-refractivity contribution in [3.8, 4) is 11.4 Å². The second-order valence-corrected chi connectivity index (χ2v) is 9.11. The van der Waals surface area contributed by atoms with Crippen LogP contribution in [-0.2, 0) is 35.6 Å². The Kier molecular flexibility index (Phi) is 5.85. The SMILES string of the molecule is O=S(=O)(NCCn1nc(-c2ccccn2)c2c1CCCC2)c1ccc(C(F)(F)F)cc1. The maximum absolute atomic E-state index is 12.7. The number of nitrogens with zero attached hydrogens (tertiary/aromatic N) is 3. The molecule has 0 bridgehead atoms. The number of alkyl halides is 3. The van der Waals surface area contributed by atoms with E-state index in [1.807, 2.05) is 22.9 Å². The second kappa shape index (κ2) is 8.43. The average Bonchev–Trinajstić information content (AvgIpc) is 3.13. The van der Waals surface area contributed by atoms with E-state index < -0.39 is 21.8 Å². The van der Waals surface area contributed by atoms with E-state index in [-0.39, 0.29) is 11.4 Å². The van der Waals surface area contributed by atoms with Gasteiger partial charge in [0.05, 0.1) is 22.7 Å². The van der Waals surface area contributed by atoms with Gasteiger partial charge in [0.1, 0.15) is 5.69 Å². The Morgan fingerprint density at radius 3 is 2.45 bits per heavy atom. The van der Waals surface area contributed by atoms with Crippen LogP contribution >= 0.6 is 0 Å². The third-order valence-electron chi connectivity index (χ3n) is 5.27. The van der Waals surface area contributed by atoms with E-state index in [1.165, 1.54) is 0 Å². The molecule has 0 radical (unpaired) electrons. The first-order valence-electron chi connectivity index (χ1n) is 9.92. The van der Waals surface area contributed by atoms with Gasteiger partial charge < -0.3 is 0 Å². The zero-order valence-corrected chi connectivity index (χ0v) is 17.4. The molecule has 0 fully saturated rings. The van der Waals surface area contributed by atoms with Crippen molar-refractivity contribution in [2.24, 2.45) is 0 Å². The summed E-state index contributed by atoms with van der Waals surface area (Å²) in [6.07, 6.45) is 1.07. The average molecular weight is 450 g/mol. The summed E-state index contributed by atoms with van der Waals surface area (Å²) < 4.78 is 67.3. The van der Waals surface area contributed by atoms with Gasteiger partial charge in [-0.3, -0.25) is 9.67 Å². The molecule has 0 atom stereocenters. The third kappa shape index (κ3) is 4.64. The monoisotopic (exact) mass is 450 g/mol. The summed E-state index contributed by atoms with van der Waals surface area (Å²) in [6, 6.07) is 9.07. The van der Waals surface area contributed by atoms with Gasteiger partial charge in [-0.25, -0.2) is 13.1 Å². The third-order valence-corrected chi connectivity index (χ3v) is 6.75. The van der Waals surface area contributed by atoms with Gasteiger partial charge in [-0.1, -0.05) is 6.07 Å². The minimum Gasteiger partial charge on any atom is -0.267 e. The van der Waals surface area contributed by atoms with E-state index in [9.17, 15) is 21.6 Å². The highest BCUT2D eigenvalue weighted by Crippen LogP contribution is 2.31. The van der Waals surface area contributed by atoms with Crippen LogP contribution in [-0.4, -0.2) is 29.7 Å². The van der Waals surface area contributed by atoms with E-state index in [2.05, 4.69) is 14.8 Å². The molecule has 6 nitrogen and oxygen atoms in total. The van der Waals surface area contributed by atoms with Gasteiger partial charge in [0.15, 0.2) is 0 Å². The fraction of sp³-hybridized carbons (Fsp3) is 0.333. The topological polar surface area (TPSA) is 76.9 Å². The molecule has 0 saturated heterocycles. The van der Waals surface area contributed by atoms with Crippen LogP contribution in [0.1, 0.15) is 29.7 Å². The molecule has 1 aliphatic rings. The van der Waals surface area contributed by atoms with E-state index >= 15 is 0 Å². The maximum atomic E-state index is 12.7. The van der Waals surface area contributed by atoms with Crippen LogP contribution in [0, 0.1) is 0 Å². The lowest BCUT2D eigenvalue weighted by Crippen LogP contribution is -2.28. The molecule has 10 heteroatoms. The van der Waals surface area contributed by atoms with Gasteiger partial charge in [0.25, 0.3) is 0 Å². The highest BCUT2D eigenvalue weighted by atomic mass is 32.2. The first-order valence-corrected chi connectivity index (χ1v) is 11.4. The molecular formula is C21H21F3N4O2S. The van der Waals surface area contributed by atoms with Gasteiger partial charge in [-0.2, -0.15) is 18.3 Å². The molecule has 2 aromatic heterocycles. The molecule has 1 aromatic carbocycles. The number of halogens is 3. The van der Waals surface area contributed by atoms with Crippen molar-refractivity contribution in [1.29, 1.82) is 0 Å². The largest absolute Gasteiger partial charge is 0.416 e. The molecule has 3 aromatic rings. The standard InChI is InChI=1S/C21H21F3N4O2S/c22-21(23,24)15-8-10-16(11-9-15)31(29,30)26-13-14-28-19-7-2-1-5-17(19)20(27-28)18-6-3-4-12-25-18/h3-4,6,8-12,26H,1-2,5,7,13-14H2. The summed E-state index contributed by atoms with van der Waals surface area (Å²) >= 11 is 0. The molecular weight excluding hydrogens is 429 g/mol. The Morgan fingerprint density at radius 1 is 1.03 bits per heavy atom. The van der Waals surface area contributed by atoms with Crippen molar-refractivity contribution < 1.29 is 21.6 Å². The van der Waals surface area contributed by atoms with Crippen LogP contribution in [0.2, 0.25) is 0 Å². The number of pyridine rings is 1. The summed E-state index contributed by atoms with van der Waals surface area (Å²) in [7, 11) is -3.93. The molecule has 1 N–H and O–H groups in total. The van der Waals surface area contributed by atoms with E-state index in [0.29, 0.717) is 6.54 Å². The van der Waals surface area contributed by atoms with Crippen molar-refractivity contribution in [1.82, 2.24) is 19.5 Å². The van der Waals surface area contributed by atoms with E-state index in [1.54, 1.807) is 6.20 Å². The van der Waals surface area contributed by atoms with Crippen LogP contribution in [0.15, 0.2) is 53.6 Å². The molecule has 164 valence electrons. The normalized spacial score (nSPS) is 14.4. The second-order valence-electron chi connectivity index (χ2n) is 7.34.